The Morgan fingerprint density at radius 1 is 1.31 bits per heavy atom. The summed E-state index contributed by atoms with van der Waals surface area (Å²) in [6, 6.07) is 3.85. The molecular formula is C9H13N3O3S. The summed E-state index contributed by atoms with van der Waals surface area (Å²) in [5.41, 5.74) is 10.8. The molecule has 4 N–H and O–H groups in total. The number of nitrogens with zero attached hydrogens (tertiary/aromatic N) is 1. The zero-order valence-electron chi connectivity index (χ0n) is 8.97. The number of amides is 1. The molecular weight excluding hydrogens is 230 g/mol. The Labute approximate surface area is 93.9 Å². The average Bonchev–Trinajstić information content (AvgIpc) is 2.16. The van der Waals surface area contributed by atoms with Crippen LogP contribution < -0.4 is 11.5 Å². The number of rotatable bonds is 3. The predicted molar refractivity (Wildman–Crippen MR) is 60.2 cm³/mol. The predicted octanol–water partition coefficient (Wildman–Crippen LogP) is -0.382. The fraction of sp³-hybridized carbons (Fsp3) is 0.222. The Bertz CT molecular complexity index is 523. The van der Waals surface area contributed by atoms with Crippen molar-refractivity contribution in [1.29, 1.82) is 0 Å². The molecule has 1 aromatic carbocycles. The molecule has 1 aromatic rings. The molecule has 0 aliphatic carbocycles. The highest BCUT2D eigenvalue weighted by atomic mass is 32.2. The second-order valence-electron chi connectivity index (χ2n) is 3.40. The number of carbonyl (C=O) groups is 1. The molecule has 0 radical (unpaired) electrons. The molecule has 0 aliphatic heterocycles. The molecule has 0 spiro atoms. The van der Waals surface area contributed by atoms with E-state index in [9.17, 15) is 13.2 Å². The Morgan fingerprint density at radius 2 is 1.88 bits per heavy atom. The van der Waals surface area contributed by atoms with Crippen molar-refractivity contribution in [3.63, 3.8) is 0 Å². The van der Waals surface area contributed by atoms with Crippen LogP contribution in [-0.2, 0) is 10.0 Å². The average molecular weight is 243 g/mol. The molecule has 16 heavy (non-hydrogen) atoms. The lowest BCUT2D eigenvalue weighted by Gasteiger charge is -2.13. The molecule has 0 fully saturated rings. The minimum Gasteiger partial charge on any atom is -0.398 e. The Kier molecular flexibility index (Phi) is 3.20. The summed E-state index contributed by atoms with van der Waals surface area (Å²) < 4.78 is 24.6. The highest BCUT2D eigenvalue weighted by Gasteiger charge is 2.20. The van der Waals surface area contributed by atoms with Gasteiger partial charge in [0.1, 0.15) is 4.90 Å². The van der Waals surface area contributed by atoms with E-state index in [4.69, 9.17) is 11.5 Å². The van der Waals surface area contributed by atoms with Gasteiger partial charge >= 0.3 is 0 Å². The number of sulfonamides is 1. The van der Waals surface area contributed by atoms with Gasteiger partial charge < -0.3 is 11.5 Å². The summed E-state index contributed by atoms with van der Waals surface area (Å²) in [7, 11) is -0.795. The van der Waals surface area contributed by atoms with Crippen LogP contribution in [0, 0.1) is 0 Å². The van der Waals surface area contributed by atoms with Gasteiger partial charge in [-0.25, -0.2) is 12.7 Å². The highest BCUT2D eigenvalue weighted by Crippen LogP contribution is 2.21. The number of hydrogen-bond acceptors (Lipinski definition) is 4. The molecule has 0 aromatic heterocycles. The maximum atomic E-state index is 11.8. The molecule has 0 saturated heterocycles. The standard InChI is InChI=1S/C9H13N3O3S/c1-12(2)16(14,15)8-4-3-6(9(11)13)5-7(8)10/h3-5H,10H2,1-2H3,(H2,11,13). The molecule has 0 saturated carbocycles. The van der Waals surface area contributed by atoms with Gasteiger partial charge in [-0.2, -0.15) is 0 Å². The number of carbonyl (C=O) groups excluding carboxylic acids is 1. The van der Waals surface area contributed by atoms with Gasteiger partial charge in [-0.15, -0.1) is 0 Å². The van der Waals surface area contributed by atoms with Crippen molar-refractivity contribution in [1.82, 2.24) is 4.31 Å². The third-order valence-corrected chi connectivity index (χ3v) is 3.94. The molecule has 0 bridgehead atoms. The maximum absolute atomic E-state index is 11.8. The van der Waals surface area contributed by atoms with Gasteiger partial charge in [0, 0.05) is 19.7 Å². The van der Waals surface area contributed by atoms with Crippen molar-refractivity contribution in [3.8, 4) is 0 Å². The van der Waals surface area contributed by atoms with Gasteiger partial charge in [-0.3, -0.25) is 4.79 Å². The van der Waals surface area contributed by atoms with Gasteiger partial charge in [-0.05, 0) is 18.2 Å². The van der Waals surface area contributed by atoms with E-state index in [0.29, 0.717) is 0 Å². The first-order valence-corrected chi connectivity index (χ1v) is 5.82. The zero-order chi connectivity index (χ0) is 12.5. The molecule has 0 unspecified atom stereocenters. The SMILES string of the molecule is CN(C)S(=O)(=O)c1ccc(C(N)=O)cc1N. The van der Waals surface area contributed by atoms with Crippen LogP contribution in [-0.4, -0.2) is 32.7 Å². The summed E-state index contributed by atoms with van der Waals surface area (Å²) in [6.07, 6.45) is 0. The van der Waals surface area contributed by atoms with Gasteiger partial charge in [-0.1, -0.05) is 0 Å². The number of hydrogen-bond donors (Lipinski definition) is 2. The molecule has 1 amide bonds. The van der Waals surface area contributed by atoms with Crippen LogP contribution in [0.15, 0.2) is 23.1 Å². The lowest BCUT2D eigenvalue weighted by molar-refractivity contribution is 0.1000. The van der Waals surface area contributed by atoms with Crippen molar-refractivity contribution in [2.24, 2.45) is 5.73 Å². The summed E-state index contributed by atoms with van der Waals surface area (Å²) in [5.74, 6) is -0.652. The van der Waals surface area contributed by atoms with Crippen LogP contribution in [0.4, 0.5) is 5.69 Å². The first-order chi connectivity index (χ1) is 7.26. The fourth-order valence-corrected chi connectivity index (χ4v) is 2.12. The summed E-state index contributed by atoms with van der Waals surface area (Å²) in [6.45, 7) is 0. The topological polar surface area (TPSA) is 106 Å². The Hall–Kier alpha value is -1.60. The first-order valence-electron chi connectivity index (χ1n) is 4.38. The smallest absolute Gasteiger partial charge is 0.248 e. The quantitative estimate of drug-likeness (QED) is 0.705. The Balaban J connectivity index is 3.35. The van der Waals surface area contributed by atoms with E-state index in [1.54, 1.807) is 0 Å². The molecule has 0 aliphatic rings. The maximum Gasteiger partial charge on any atom is 0.248 e. The van der Waals surface area contributed by atoms with Crippen molar-refractivity contribution in [3.05, 3.63) is 23.8 Å². The largest absolute Gasteiger partial charge is 0.398 e. The summed E-state index contributed by atoms with van der Waals surface area (Å²) in [4.78, 5) is 10.8. The van der Waals surface area contributed by atoms with E-state index in [1.165, 1.54) is 32.3 Å². The lowest BCUT2D eigenvalue weighted by atomic mass is 10.2. The van der Waals surface area contributed by atoms with E-state index < -0.39 is 15.9 Å². The first kappa shape index (κ1) is 12.5. The van der Waals surface area contributed by atoms with E-state index in [1.807, 2.05) is 0 Å². The third kappa shape index (κ3) is 2.15. The van der Waals surface area contributed by atoms with E-state index in [0.717, 1.165) is 4.31 Å². The molecule has 1 rings (SSSR count). The normalized spacial score (nSPS) is 11.7. The summed E-state index contributed by atoms with van der Waals surface area (Å²) in [5, 5.41) is 0. The second kappa shape index (κ2) is 4.11. The zero-order valence-corrected chi connectivity index (χ0v) is 9.78. The van der Waals surface area contributed by atoms with Crippen LogP contribution >= 0.6 is 0 Å². The lowest BCUT2D eigenvalue weighted by Crippen LogP contribution is -2.23. The van der Waals surface area contributed by atoms with Crippen LogP contribution in [0.1, 0.15) is 10.4 Å². The Morgan fingerprint density at radius 3 is 2.25 bits per heavy atom. The van der Waals surface area contributed by atoms with E-state index in [2.05, 4.69) is 0 Å². The van der Waals surface area contributed by atoms with Crippen LogP contribution in [0.3, 0.4) is 0 Å². The number of nitrogens with two attached hydrogens (primary N) is 2. The van der Waals surface area contributed by atoms with Crippen molar-refractivity contribution in [2.45, 2.75) is 4.90 Å². The fourth-order valence-electron chi connectivity index (χ4n) is 1.13. The second-order valence-corrected chi connectivity index (χ2v) is 5.52. The van der Waals surface area contributed by atoms with Gasteiger partial charge in [0.15, 0.2) is 0 Å². The molecule has 6 nitrogen and oxygen atoms in total. The molecule has 7 heteroatoms. The van der Waals surface area contributed by atoms with Gasteiger partial charge in [0.2, 0.25) is 15.9 Å². The molecule has 0 atom stereocenters. The summed E-state index contributed by atoms with van der Waals surface area (Å²) >= 11 is 0. The van der Waals surface area contributed by atoms with Gasteiger partial charge in [0.05, 0.1) is 5.69 Å². The minimum atomic E-state index is -3.59. The number of nitrogen functional groups attached to an aromatic ring is 1. The van der Waals surface area contributed by atoms with Crippen molar-refractivity contribution < 1.29 is 13.2 Å². The minimum absolute atomic E-state index is 0.00463. The monoisotopic (exact) mass is 243 g/mol. The number of benzene rings is 1. The van der Waals surface area contributed by atoms with Crippen LogP contribution in [0.5, 0.6) is 0 Å². The van der Waals surface area contributed by atoms with Crippen LogP contribution in [0.2, 0.25) is 0 Å². The van der Waals surface area contributed by atoms with E-state index in [-0.39, 0.29) is 16.1 Å². The molecule has 0 heterocycles. The van der Waals surface area contributed by atoms with Crippen molar-refractivity contribution in [2.75, 3.05) is 19.8 Å². The van der Waals surface area contributed by atoms with Crippen molar-refractivity contribution >= 4 is 21.6 Å². The van der Waals surface area contributed by atoms with Crippen LogP contribution in [0.25, 0.3) is 0 Å². The van der Waals surface area contributed by atoms with Gasteiger partial charge in [0.25, 0.3) is 0 Å². The van der Waals surface area contributed by atoms with E-state index >= 15 is 0 Å². The number of anilines is 1. The highest BCUT2D eigenvalue weighted by molar-refractivity contribution is 7.89. The third-order valence-electron chi connectivity index (χ3n) is 2.05. The number of primary amides is 1. The molecule has 88 valence electrons.